The van der Waals surface area contributed by atoms with E-state index in [2.05, 4.69) is 240 Å². The Bertz CT molecular complexity index is 3900. The zero-order valence-electron chi connectivity index (χ0n) is 35.4. The number of anilines is 3. The largest absolute Gasteiger partial charge is 0.455 e. The third-order valence-corrected chi connectivity index (χ3v) is 13.2. The molecule has 11 aromatic carbocycles. The van der Waals surface area contributed by atoms with E-state index in [9.17, 15) is 0 Å². The predicted molar refractivity (Wildman–Crippen MR) is 274 cm³/mol. The summed E-state index contributed by atoms with van der Waals surface area (Å²) in [5, 5.41) is 9.62. The molecule has 0 spiro atoms. The highest BCUT2D eigenvalue weighted by Crippen LogP contribution is 2.47. The molecule has 304 valence electrons. The number of nitrogens with zero attached hydrogens (tertiary/aromatic N) is 2. The van der Waals surface area contributed by atoms with Gasteiger partial charge in [0.25, 0.3) is 0 Å². The topological polar surface area (TPSA) is 21.3 Å². The van der Waals surface area contributed by atoms with Crippen LogP contribution in [0.15, 0.2) is 247 Å². The van der Waals surface area contributed by atoms with Crippen molar-refractivity contribution in [2.75, 3.05) is 4.90 Å². The van der Waals surface area contributed by atoms with Gasteiger partial charge in [-0.05, 0) is 81.4 Å². The standard InChI is InChI=1S/C62H40N2O/c1-2-17-46-44(16-1)40-60(49-19-4-3-18-48(46)49)63(45-38-36-42(37-39-45)41-32-34-43(35-33-41)47-25-15-26-55-54-24-9-14-31-61(54)65-62(47)55)56-27-10-5-20-50(56)51-21-6-11-28-57(51)64-58-29-12-7-22-52(58)53-23-8-13-30-59(53)64/h1-40H. The SMILES string of the molecule is c1ccc(N(c2ccc(-c3ccc(-c4cccc5c4oc4ccccc45)cc3)cc2)c2cc3ccccc3c3ccccc23)c(-c2ccccc2-n2c3ccccc3c3ccccc32)c1. The number of fused-ring (bicyclic) bond motifs is 9. The van der Waals surface area contributed by atoms with Crippen LogP contribution >= 0.6 is 0 Å². The first-order chi connectivity index (χ1) is 32.3. The predicted octanol–water partition coefficient (Wildman–Crippen LogP) is 17.5. The minimum atomic E-state index is 0.910. The van der Waals surface area contributed by atoms with Crippen LogP contribution in [-0.4, -0.2) is 4.57 Å². The second kappa shape index (κ2) is 15.0. The Morgan fingerprint density at radius 1 is 0.323 bits per heavy atom. The van der Waals surface area contributed by atoms with E-state index in [1.165, 1.54) is 43.4 Å². The van der Waals surface area contributed by atoms with Gasteiger partial charge in [-0.3, -0.25) is 0 Å². The lowest BCUT2D eigenvalue weighted by Gasteiger charge is -2.30. The highest BCUT2D eigenvalue weighted by molar-refractivity contribution is 6.16. The normalized spacial score (nSPS) is 11.7. The molecule has 0 aliphatic rings. The van der Waals surface area contributed by atoms with Crippen LogP contribution in [0.4, 0.5) is 17.1 Å². The Hall–Kier alpha value is -8.66. The van der Waals surface area contributed by atoms with Crippen molar-refractivity contribution in [2.45, 2.75) is 0 Å². The quantitative estimate of drug-likeness (QED) is 0.149. The Morgan fingerprint density at radius 2 is 0.846 bits per heavy atom. The van der Waals surface area contributed by atoms with Crippen molar-refractivity contribution in [3.63, 3.8) is 0 Å². The lowest BCUT2D eigenvalue weighted by Crippen LogP contribution is -2.12. The molecule has 0 aliphatic heterocycles. The van der Waals surface area contributed by atoms with Gasteiger partial charge in [-0.1, -0.05) is 194 Å². The molecule has 0 aliphatic carbocycles. The Morgan fingerprint density at radius 3 is 1.60 bits per heavy atom. The molecule has 0 fully saturated rings. The number of rotatable bonds is 7. The molecular formula is C62H40N2O. The van der Waals surface area contributed by atoms with Crippen LogP contribution in [0, 0.1) is 0 Å². The first kappa shape index (κ1) is 36.9. The second-order valence-electron chi connectivity index (χ2n) is 16.8. The Kier molecular flexibility index (Phi) is 8.53. The van der Waals surface area contributed by atoms with Gasteiger partial charge in [0.15, 0.2) is 0 Å². The van der Waals surface area contributed by atoms with Crippen LogP contribution in [0.1, 0.15) is 0 Å². The average Bonchev–Trinajstić information content (AvgIpc) is 3.93. The molecule has 0 amide bonds. The van der Waals surface area contributed by atoms with E-state index in [0.717, 1.165) is 78.1 Å². The van der Waals surface area contributed by atoms with E-state index >= 15 is 0 Å². The molecule has 0 radical (unpaired) electrons. The van der Waals surface area contributed by atoms with Crippen molar-refractivity contribution in [3.8, 4) is 39.1 Å². The van der Waals surface area contributed by atoms with Crippen LogP contribution < -0.4 is 4.90 Å². The fourth-order valence-corrected chi connectivity index (χ4v) is 10.2. The summed E-state index contributed by atoms with van der Waals surface area (Å²) in [6.07, 6.45) is 0. The first-order valence-corrected chi connectivity index (χ1v) is 22.3. The Balaban J connectivity index is 0.969. The molecule has 65 heavy (non-hydrogen) atoms. The summed E-state index contributed by atoms with van der Waals surface area (Å²) >= 11 is 0. The van der Waals surface area contributed by atoms with Gasteiger partial charge >= 0.3 is 0 Å². The molecule has 13 aromatic rings. The first-order valence-electron chi connectivity index (χ1n) is 22.3. The van der Waals surface area contributed by atoms with Crippen molar-refractivity contribution in [3.05, 3.63) is 243 Å². The molecule has 0 saturated heterocycles. The molecule has 3 nitrogen and oxygen atoms in total. The second-order valence-corrected chi connectivity index (χ2v) is 16.8. The molecule has 0 bridgehead atoms. The number of para-hydroxylation sites is 6. The molecule has 0 atom stereocenters. The van der Waals surface area contributed by atoms with E-state index < -0.39 is 0 Å². The summed E-state index contributed by atoms with van der Waals surface area (Å²) in [6, 6.07) is 87.8. The van der Waals surface area contributed by atoms with Crippen molar-refractivity contribution in [2.24, 2.45) is 0 Å². The van der Waals surface area contributed by atoms with Crippen LogP contribution in [0.5, 0.6) is 0 Å². The molecule has 2 aromatic heterocycles. The maximum atomic E-state index is 6.40. The van der Waals surface area contributed by atoms with Gasteiger partial charge in [-0.2, -0.15) is 0 Å². The molecule has 0 saturated carbocycles. The van der Waals surface area contributed by atoms with Gasteiger partial charge in [0, 0.05) is 49.3 Å². The zero-order valence-corrected chi connectivity index (χ0v) is 35.4. The fraction of sp³-hybridized carbons (Fsp3) is 0. The fourth-order valence-electron chi connectivity index (χ4n) is 10.2. The average molecular weight is 829 g/mol. The molecule has 13 rings (SSSR count). The van der Waals surface area contributed by atoms with Gasteiger partial charge < -0.3 is 13.9 Å². The van der Waals surface area contributed by atoms with Crippen LogP contribution in [0.25, 0.3) is 104 Å². The van der Waals surface area contributed by atoms with Crippen molar-refractivity contribution in [1.29, 1.82) is 0 Å². The molecule has 0 N–H and O–H groups in total. The van der Waals surface area contributed by atoms with E-state index in [-0.39, 0.29) is 0 Å². The number of hydrogen-bond donors (Lipinski definition) is 0. The van der Waals surface area contributed by atoms with Crippen molar-refractivity contribution in [1.82, 2.24) is 4.57 Å². The minimum absolute atomic E-state index is 0.910. The van der Waals surface area contributed by atoms with E-state index in [0.29, 0.717) is 0 Å². The summed E-state index contributed by atoms with van der Waals surface area (Å²) in [6.45, 7) is 0. The maximum absolute atomic E-state index is 6.40. The lowest BCUT2D eigenvalue weighted by atomic mass is 9.96. The van der Waals surface area contributed by atoms with Gasteiger partial charge in [-0.15, -0.1) is 0 Å². The molecular weight excluding hydrogens is 789 g/mol. The highest BCUT2D eigenvalue weighted by atomic mass is 16.3. The maximum Gasteiger partial charge on any atom is 0.143 e. The van der Waals surface area contributed by atoms with Crippen molar-refractivity contribution < 1.29 is 4.42 Å². The lowest BCUT2D eigenvalue weighted by molar-refractivity contribution is 0.670. The van der Waals surface area contributed by atoms with E-state index in [4.69, 9.17) is 4.42 Å². The van der Waals surface area contributed by atoms with Gasteiger partial charge in [0.05, 0.1) is 28.1 Å². The summed E-state index contributed by atoms with van der Waals surface area (Å²) in [5.74, 6) is 0. The molecule has 0 unspecified atom stereocenters. The number of hydrogen-bond acceptors (Lipinski definition) is 2. The van der Waals surface area contributed by atoms with Crippen LogP contribution in [0.3, 0.4) is 0 Å². The summed E-state index contributed by atoms with van der Waals surface area (Å²) in [7, 11) is 0. The molecule has 2 heterocycles. The third-order valence-electron chi connectivity index (χ3n) is 13.2. The Labute approximate surface area is 376 Å². The summed E-state index contributed by atoms with van der Waals surface area (Å²) < 4.78 is 8.84. The number of furan rings is 1. The summed E-state index contributed by atoms with van der Waals surface area (Å²) in [4.78, 5) is 2.47. The van der Waals surface area contributed by atoms with Crippen LogP contribution in [-0.2, 0) is 0 Å². The third kappa shape index (κ3) is 5.97. The smallest absolute Gasteiger partial charge is 0.143 e. The minimum Gasteiger partial charge on any atom is -0.455 e. The number of aromatic nitrogens is 1. The van der Waals surface area contributed by atoms with Gasteiger partial charge in [0.2, 0.25) is 0 Å². The van der Waals surface area contributed by atoms with Crippen molar-refractivity contribution >= 4 is 82.4 Å². The van der Waals surface area contributed by atoms with E-state index in [1.54, 1.807) is 0 Å². The van der Waals surface area contributed by atoms with Crippen LogP contribution in [0.2, 0.25) is 0 Å². The van der Waals surface area contributed by atoms with Gasteiger partial charge in [0.1, 0.15) is 11.2 Å². The monoisotopic (exact) mass is 828 g/mol. The highest BCUT2D eigenvalue weighted by Gasteiger charge is 2.23. The van der Waals surface area contributed by atoms with E-state index in [1.807, 2.05) is 12.1 Å². The zero-order chi connectivity index (χ0) is 42.8. The molecule has 3 heteroatoms. The van der Waals surface area contributed by atoms with Gasteiger partial charge in [-0.25, -0.2) is 0 Å². The summed E-state index contributed by atoms with van der Waals surface area (Å²) in [5.41, 5.74) is 15.4. The number of benzene rings is 11.